The molecule has 0 aliphatic carbocycles. The van der Waals surface area contributed by atoms with E-state index in [0.29, 0.717) is 22.9 Å². The van der Waals surface area contributed by atoms with E-state index in [1.54, 1.807) is 52.8 Å². The van der Waals surface area contributed by atoms with E-state index in [2.05, 4.69) is 0 Å². The lowest BCUT2D eigenvalue weighted by Crippen LogP contribution is -2.35. The first kappa shape index (κ1) is 25.1. The number of hydrogen-bond acceptors (Lipinski definition) is 6. The molecule has 0 fully saturated rings. The van der Waals surface area contributed by atoms with Crippen LogP contribution in [0.15, 0.2) is 18.2 Å². The minimum atomic E-state index is -0.606. The summed E-state index contributed by atoms with van der Waals surface area (Å²) in [5, 5.41) is 0.488. The lowest BCUT2D eigenvalue weighted by Gasteiger charge is -2.26. The van der Waals surface area contributed by atoms with Gasteiger partial charge < -0.3 is 18.9 Å². The highest BCUT2D eigenvalue weighted by molar-refractivity contribution is 6.32. The molecule has 7 heteroatoms. The Morgan fingerprint density at radius 3 is 2.38 bits per heavy atom. The van der Waals surface area contributed by atoms with Gasteiger partial charge in [0.2, 0.25) is 0 Å². The van der Waals surface area contributed by atoms with Gasteiger partial charge in [-0.05, 0) is 46.2 Å². The zero-order valence-corrected chi connectivity index (χ0v) is 19.2. The van der Waals surface area contributed by atoms with Crippen molar-refractivity contribution in [3.05, 3.63) is 23.2 Å². The molecule has 3 atom stereocenters. The standard InChI is InChI=1S/C22H33ClO6/c1-8-9-18(28-16-10-11-17(23)19(13-16)26-7)15(3)27-21(25)14(2)12-20(24)29-22(4,5)6/h10-11,13-15,18H,8-9,12H2,1-7H3/t14-,15+,18-/m1/s1. The molecule has 1 rings (SSSR count). The average Bonchev–Trinajstić information content (AvgIpc) is 2.60. The number of carbonyl (C=O) groups excluding carboxylic acids is 2. The van der Waals surface area contributed by atoms with E-state index in [0.717, 1.165) is 6.42 Å². The van der Waals surface area contributed by atoms with Gasteiger partial charge in [0.05, 0.1) is 24.5 Å². The van der Waals surface area contributed by atoms with Gasteiger partial charge in [0.15, 0.2) is 0 Å². The average molecular weight is 429 g/mol. The van der Waals surface area contributed by atoms with Gasteiger partial charge in [-0.15, -0.1) is 0 Å². The zero-order chi connectivity index (χ0) is 22.2. The maximum absolute atomic E-state index is 12.4. The van der Waals surface area contributed by atoms with Crippen LogP contribution >= 0.6 is 11.6 Å². The van der Waals surface area contributed by atoms with Crippen LogP contribution in [0.2, 0.25) is 5.02 Å². The lowest BCUT2D eigenvalue weighted by atomic mass is 10.1. The maximum atomic E-state index is 12.4. The quantitative estimate of drug-likeness (QED) is 0.477. The van der Waals surface area contributed by atoms with E-state index in [1.807, 2.05) is 6.92 Å². The summed E-state index contributed by atoms with van der Waals surface area (Å²) in [6.45, 7) is 10.8. The smallest absolute Gasteiger partial charge is 0.309 e. The summed E-state index contributed by atoms with van der Waals surface area (Å²) in [6.07, 6.45) is 0.676. The van der Waals surface area contributed by atoms with Crippen LogP contribution in [0.3, 0.4) is 0 Å². The van der Waals surface area contributed by atoms with Crippen LogP contribution in [-0.4, -0.2) is 36.9 Å². The van der Waals surface area contributed by atoms with Gasteiger partial charge in [-0.25, -0.2) is 0 Å². The second-order valence-electron chi connectivity index (χ2n) is 8.07. The van der Waals surface area contributed by atoms with Crippen LogP contribution in [0.4, 0.5) is 0 Å². The number of rotatable bonds is 10. The SMILES string of the molecule is CCC[C@@H](Oc1ccc(Cl)c(OC)c1)[C@H](C)OC(=O)[C@H](C)CC(=O)OC(C)(C)C. The molecule has 0 aliphatic heterocycles. The fraction of sp³-hybridized carbons (Fsp3) is 0.636. The molecule has 0 spiro atoms. The molecule has 1 aromatic carbocycles. The van der Waals surface area contributed by atoms with Gasteiger partial charge in [-0.3, -0.25) is 9.59 Å². The van der Waals surface area contributed by atoms with Crippen molar-refractivity contribution in [2.24, 2.45) is 5.92 Å². The molecule has 0 aromatic heterocycles. The zero-order valence-electron chi connectivity index (χ0n) is 18.4. The number of ether oxygens (including phenoxy) is 4. The Kier molecular flexibility index (Phi) is 9.77. The summed E-state index contributed by atoms with van der Waals surface area (Å²) >= 11 is 6.05. The van der Waals surface area contributed by atoms with E-state index in [4.69, 9.17) is 30.5 Å². The molecule has 0 heterocycles. The summed E-state index contributed by atoms with van der Waals surface area (Å²) < 4.78 is 22.1. The van der Waals surface area contributed by atoms with Crippen molar-refractivity contribution < 1.29 is 28.5 Å². The fourth-order valence-corrected chi connectivity index (χ4v) is 2.85. The summed E-state index contributed by atoms with van der Waals surface area (Å²) in [4.78, 5) is 24.4. The van der Waals surface area contributed by atoms with Crippen LogP contribution in [0, 0.1) is 5.92 Å². The summed E-state index contributed by atoms with van der Waals surface area (Å²) in [6, 6.07) is 5.14. The van der Waals surface area contributed by atoms with E-state index in [1.165, 1.54) is 7.11 Å². The van der Waals surface area contributed by atoms with Gasteiger partial charge in [0.25, 0.3) is 0 Å². The van der Waals surface area contributed by atoms with Crippen molar-refractivity contribution >= 4 is 23.5 Å². The first-order chi connectivity index (χ1) is 13.5. The van der Waals surface area contributed by atoms with Crippen LogP contribution < -0.4 is 9.47 Å². The molecule has 0 saturated carbocycles. The molecule has 6 nitrogen and oxygen atoms in total. The minimum Gasteiger partial charge on any atom is -0.495 e. The minimum absolute atomic E-state index is 0.0312. The number of carbonyl (C=O) groups is 2. The number of esters is 2. The first-order valence-corrected chi connectivity index (χ1v) is 10.3. The van der Waals surface area contributed by atoms with E-state index in [9.17, 15) is 9.59 Å². The van der Waals surface area contributed by atoms with Crippen LogP contribution in [0.1, 0.15) is 60.8 Å². The van der Waals surface area contributed by atoms with E-state index >= 15 is 0 Å². The Morgan fingerprint density at radius 1 is 1.17 bits per heavy atom. The summed E-state index contributed by atoms with van der Waals surface area (Å²) in [5.41, 5.74) is -0.590. The van der Waals surface area contributed by atoms with Crippen molar-refractivity contribution in [1.82, 2.24) is 0 Å². The van der Waals surface area contributed by atoms with Crippen LogP contribution in [0.5, 0.6) is 11.5 Å². The molecule has 0 radical (unpaired) electrons. The molecule has 1 aromatic rings. The Labute approximate surface area is 178 Å². The number of hydrogen-bond donors (Lipinski definition) is 0. The molecule has 29 heavy (non-hydrogen) atoms. The van der Waals surface area contributed by atoms with Crippen LogP contribution in [0.25, 0.3) is 0 Å². The molecular weight excluding hydrogens is 396 g/mol. The molecule has 0 amide bonds. The third kappa shape index (κ3) is 8.94. The van der Waals surface area contributed by atoms with E-state index in [-0.39, 0.29) is 12.5 Å². The Balaban J connectivity index is 2.72. The third-order valence-corrected chi connectivity index (χ3v) is 4.42. The first-order valence-electron chi connectivity index (χ1n) is 9.89. The highest BCUT2D eigenvalue weighted by Crippen LogP contribution is 2.30. The predicted molar refractivity (Wildman–Crippen MR) is 113 cm³/mol. The highest BCUT2D eigenvalue weighted by Gasteiger charge is 2.27. The molecule has 0 N–H and O–H groups in total. The predicted octanol–water partition coefficient (Wildman–Crippen LogP) is 5.20. The molecule has 0 bridgehead atoms. The van der Waals surface area contributed by atoms with Crippen LogP contribution in [-0.2, 0) is 19.1 Å². The second kappa shape index (κ2) is 11.3. The Morgan fingerprint density at radius 2 is 1.83 bits per heavy atom. The Hall–Kier alpha value is -1.95. The van der Waals surface area contributed by atoms with Crippen molar-refractivity contribution in [3.63, 3.8) is 0 Å². The number of halogens is 1. The monoisotopic (exact) mass is 428 g/mol. The summed E-state index contributed by atoms with van der Waals surface area (Å²) in [5.74, 6) is -0.402. The van der Waals surface area contributed by atoms with Crippen molar-refractivity contribution in [3.8, 4) is 11.5 Å². The largest absolute Gasteiger partial charge is 0.495 e. The van der Waals surface area contributed by atoms with Gasteiger partial charge >= 0.3 is 11.9 Å². The molecule has 0 saturated heterocycles. The van der Waals surface area contributed by atoms with Gasteiger partial charge in [0.1, 0.15) is 29.3 Å². The van der Waals surface area contributed by atoms with Crippen molar-refractivity contribution in [2.75, 3.05) is 7.11 Å². The number of benzene rings is 1. The Bertz CT molecular complexity index is 682. The van der Waals surface area contributed by atoms with Gasteiger partial charge in [-0.2, -0.15) is 0 Å². The lowest BCUT2D eigenvalue weighted by molar-refractivity contribution is -0.165. The molecule has 0 aliphatic rings. The molecular formula is C22H33ClO6. The molecule has 164 valence electrons. The van der Waals surface area contributed by atoms with E-state index < -0.39 is 29.6 Å². The second-order valence-corrected chi connectivity index (χ2v) is 8.48. The van der Waals surface area contributed by atoms with Crippen molar-refractivity contribution in [2.45, 2.75) is 78.6 Å². The summed E-state index contributed by atoms with van der Waals surface area (Å²) in [7, 11) is 1.53. The maximum Gasteiger partial charge on any atom is 0.309 e. The normalized spacial score (nSPS) is 14.5. The highest BCUT2D eigenvalue weighted by atomic mass is 35.5. The topological polar surface area (TPSA) is 71.1 Å². The number of methoxy groups -OCH3 is 1. The van der Waals surface area contributed by atoms with Gasteiger partial charge in [-0.1, -0.05) is 31.9 Å². The van der Waals surface area contributed by atoms with Gasteiger partial charge in [0, 0.05) is 6.07 Å². The molecule has 0 unspecified atom stereocenters. The van der Waals surface area contributed by atoms with Crippen molar-refractivity contribution in [1.29, 1.82) is 0 Å². The fourth-order valence-electron chi connectivity index (χ4n) is 2.65. The third-order valence-electron chi connectivity index (χ3n) is 4.10.